The number of nitrogens with zero attached hydrogens (tertiary/aromatic N) is 3. The average molecular weight is 451 g/mol. The van der Waals surface area contributed by atoms with Crippen molar-refractivity contribution < 1.29 is 14.0 Å². The standard InChI is InChI=1S/C24H20ClFN4O2/c25-19-9-18(10-20(26)13-19)17-3-4-22(27-14-17)29-5-7-30(8-6-29)24(32)16-2-1-15-12-23(31)28-21(15)11-16/h1-4,9-11,13-14H,5-8,12H2,(H,28,31). The number of nitrogens with one attached hydrogen (secondary N) is 1. The van der Waals surface area contributed by atoms with Crippen molar-refractivity contribution in [1.82, 2.24) is 9.88 Å². The topological polar surface area (TPSA) is 65.5 Å². The lowest BCUT2D eigenvalue weighted by atomic mass is 10.1. The molecule has 3 aromatic rings. The number of carbonyl (C=O) groups is 2. The molecule has 0 radical (unpaired) electrons. The largest absolute Gasteiger partial charge is 0.353 e. The van der Waals surface area contributed by atoms with Crippen LogP contribution in [-0.4, -0.2) is 47.9 Å². The van der Waals surface area contributed by atoms with Crippen LogP contribution in [-0.2, 0) is 11.2 Å². The van der Waals surface area contributed by atoms with Crippen molar-refractivity contribution in [2.45, 2.75) is 6.42 Å². The van der Waals surface area contributed by atoms with E-state index in [0.29, 0.717) is 48.7 Å². The van der Waals surface area contributed by atoms with Crippen LogP contribution in [0.2, 0.25) is 5.02 Å². The Labute approximate surface area is 189 Å². The summed E-state index contributed by atoms with van der Waals surface area (Å²) in [5.41, 5.74) is 3.69. The third kappa shape index (κ3) is 4.03. The maximum absolute atomic E-state index is 13.6. The van der Waals surface area contributed by atoms with Gasteiger partial charge in [0.25, 0.3) is 5.91 Å². The number of piperazine rings is 1. The summed E-state index contributed by atoms with van der Waals surface area (Å²) in [7, 11) is 0. The van der Waals surface area contributed by atoms with E-state index in [4.69, 9.17) is 11.6 Å². The Hall–Kier alpha value is -3.45. The highest BCUT2D eigenvalue weighted by atomic mass is 35.5. The Morgan fingerprint density at radius 3 is 2.53 bits per heavy atom. The number of amides is 2. The van der Waals surface area contributed by atoms with Gasteiger partial charge in [-0.25, -0.2) is 9.37 Å². The normalized spacial score (nSPS) is 15.5. The van der Waals surface area contributed by atoms with E-state index in [9.17, 15) is 14.0 Å². The molecule has 1 saturated heterocycles. The molecule has 0 aliphatic carbocycles. The van der Waals surface area contributed by atoms with Gasteiger partial charge in [0.05, 0.1) is 6.42 Å². The Bertz CT molecular complexity index is 1190. The zero-order valence-electron chi connectivity index (χ0n) is 17.1. The van der Waals surface area contributed by atoms with E-state index < -0.39 is 0 Å². The average Bonchev–Trinajstić information content (AvgIpc) is 3.17. The van der Waals surface area contributed by atoms with Crippen molar-refractivity contribution in [3.8, 4) is 11.1 Å². The minimum atomic E-state index is -0.386. The van der Waals surface area contributed by atoms with Crippen LogP contribution in [0.1, 0.15) is 15.9 Å². The molecule has 1 fully saturated rings. The molecule has 1 N–H and O–H groups in total. The van der Waals surface area contributed by atoms with Crippen LogP contribution in [0, 0.1) is 5.82 Å². The lowest BCUT2D eigenvalue weighted by Crippen LogP contribution is -2.49. The monoisotopic (exact) mass is 450 g/mol. The van der Waals surface area contributed by atoms with Gasteiger partial charge >= 0.3 is 0 Å². The number of rotatable bonds is 3. The van der Waals surface area contributed by atoms with Gasteiger partial charge in [-0.05, 0) is 53.6 Å². The maximum atomic E-state index is 13.6. The molecule has 0 atom stereocenters. The van der Waals surface area contributed by atoms with Gasteiger partial charge in [0.1, 0.15) is 11.6 Å². The Kier molecular flexibility index (Phi) is 5.27. The summed E-state index contributed by atoms with van der Waals surface area (Å²) >= 11 is 5.95. The molecule has 0 bridgehead atoms. The van der Waals surface area contributed by atoms with Crippen LogP contribution < -0.4 is 10.2 Å². The molecule has 5 rings (SSSR count). The predicted octanol–water partition coefficient (Wildman–Crippen LogP) is 4.00. The molecule has 3 heterocycles. The van der Waals surface area contributed by atoms with Crippen molar-refractivity contribution in [3.05, 3.63) is 76.7 Å². The lowest BCUT2D eigenvalue weighted by molar-refractivity contribution is -0.115. The number of hydrogen-bond acceptors (Lipinski definition) is 4. The van der Waals surface area contributed by atoms with Crippen LogP contribution in [0.5, 0.6) is 0 Å². The van der Waals surface area contributed by atoms with Crippen LogP contribution in [0.4, 0.5) is 15.9 Å². The first-order chi connectivity index (χ1) is 15.5. The van der Waals surface area contributed by atoms with Gasteiger partial charge in [0.2, 0.25) is 5.91 Å². The van der Waals surface area contributed by atoms with E-state index in [2.05, 4.69) is 15.2 Å². The van der Waals surface area contributed by atoms with Gasteiger partial charge in [-0.2, -0.15) is 0 Å². The number of aromatic nitrogens is 1. The molecule has 2 aliphatic heterocycles. The number of fused-ring (bicyclic) bond motifs is 1. The zero-order chi connectivity index (χ0) is 22.2. The third-order valence-corrected chi connectivity index (χ3v) is 6.03. The Balaban J connectivity index is 1.23. The van der Waals surface area contributed by atoms with Crippen LogP contribution in [0.25, 0.3) is 11.1 Å². The van der Waals surface area contributed by atoms with Crippen LogP contribution >= 0.6 is 11.6 Å². The maximum Gasteiger partial charge on any atom is 0.254 e. The number of carbonyl (C=O) groups excluding carboxylic acids is 2. The zero-order valence-corrected chi connectivity index (χ0v) is 17.9. The predicted molar refractivity (Wildman–Crippen MR) is 122 cm³/mol. The fourth-order valence-corrected chi connectivity index (χ4v) is 4.35. The van der Waals surface area contributed by atoms with Gasteiger partial charge in [-0.1, -0.05) is 17.7 Å². The number of hydrogen-bond donors (Lipinski definition) is 1. The molecule has 2 amide bonds. The van der Waals surface area contributed by atoms with Crippen LogP contribution in [0.3, 0.4) is 0 Å². The second-order valence-corrected chi connectivity index (χ2v) is 8.38. The van der Waals surface area contributed by atoms with Gasteiger partial charge < -0.3 is 15.1 Å². The summed E-state index contributed by atoms with van der Waals surface area (Å²) in [4.78, 5) is 32.9. The fourth-order valence-electron chi connectivity index (χ4n) is 4.13. The molecule has 8 heteroatoms. The molecule has 32 heavy (non-hydrogen) atoms. The third-order valence-electron chi connectivity index (χ3n) is 5.82. The van der Waals surface area contributed by atoms with Crippen molar-refractivity contribution in [2.24, 2.45) is 0 Å². The number of pyridine rings is 1. The smallest absolute Gasteiger partial charge is 0.254 e. The number of benzene rings is 2. The first kappa shape index (κ1) is 20.5. The summed E-state index contributed by atoms with van der Waals surface area (Å²) < 4.78 is 13.6. The Morgan fingerprint density at radius 2 is 1.81 bits per heavy atom. The number of anilines is 2. The molecule has 0 spiro atoms. The highest BCUT2D eigenvalue weighted by molar-refractivity contribution is 6.30. The van der Waals surface area contributed by atoms with E-state index in [1.807, 2.05) is 23.1 Å². The van der Waals surface area contributed by atoms with Crippen molar-refractivity contribution >= 4 is 34.9 Å². The molecular weight excluding hydrogens is 431 g/mol. The molecule has 2 aromatic carbocycles. The summed E-state index contributed by atoms with van der Waals surface area (Å²) in [5.74, 6) is 0.337. The summed E-state index contributed by atoms with van der Waals surface area (Å²) in [6, 6.07) is 13.6. The van der Waals surface area contributed by atoms with E-state index in [-0.39, 0.29) is 17.6 Å². The van der Waals surface area contributed by atoms with Crippen LogP contribution in [0.15, 0.2) is 54.7 Å². The molecule has 0 saturated carbocycles. The van der Waals surface area contributed by atoms with Gasteiger partial charge in [-0.15, -0.1) is 0 Å². The van der Waals surface area contributed by atoms with Crippen molar-refractivity contribution in [2.75, 3.05) is 36.4 Å². The molecule has 0 unspecified atom stereocenters. The molecule has 2 aliphatic rings. The van der Waals surface area contributed by atoms with Gasteiger partial charge in [0.15, 0.2) is 0 Å². The Morgan fingerprint density at radius 1 is 1.00 bits per heavy atom. The highest BCUT2D eigenvalue weighted by Gasteiger charge is 2.25. The summed E-state index contributed by atoms with van der Waals surface area (Å²) in [6.45, 7) is 2.47. The van der Waals surface area contributed by atoms with E-state index in [0.717, 1.165) is 22.6 Å². The molecular formula is C24H20ClFN4O2. The second-order valence-electron chi connectivity index (χ2n) is 7.94. The highest BCUT2D eigenvalue weighted by Crippen LogP contribution is 2.27. The summed E-state index contributed by atoms with van der Waals surface area (Å²) in [6.07, 6.45) is 2.07. The minimum Gasteiger partial charge on any atom is -0.353 e. The van der Waals surface area contributed by atoms with Gasteiger partial charge in [-0.3, -0.25) is 9.59 Å². The fraction of sp³-hybridized carbons (Fsp3) is 0.208. The summed E-state index contributed by atoms with van der Waals surface area (Å²) in [5, 5.41) is 3.14. The van der Waals surface area contributed by atoms with Gasteiger partial charge in [0, 0.05) is 54.2 Å². The van der Waals surface area contributed by atoms with E-state index in [1.54, 1.807) is 24.4 Å². The minimum absolute atomic E-state index is 0.0418. The number of halogens is 2. The second kappa shape index (κ2) is 8.24. The van der Waals surface area contributed by atoms with E-state index in [1.165, 1.54) is 12.1 Å². The van der Waals surface area contributed by atoms with Crippen molar-refractivity contribution in [1.29, 1.82) is 0 Å². The SMILES string of the molecule is O=C1Cc2ccc(C(=O)N3CCN(c4ccc(-c5cc(F)cc(Cl)c5)cn4)CC3)cc2N1. The quantitative estimate of drug-likeness (QED) is 0.655. The van der Waals surface area contributed by atoms with E-state index >= 15 is 0 Å². The first-order valence-corrected chi connectivity index (χ1v) is 10.7. The first-order valence-electron chi connectivity index (χ1n) is 10.4. The molecule has 6 nitrogen and oxygen atoms in total. The lowest BCUT2D eigenvalue weighted by Gasteiger charge is -2.35. The molecule has 1 aromatic heterocycles. The molecule has 162 valence electrons. The van der Waals surface area contributed by atoms with Crippen molar-refractivity contribution in [3.63, 3.8) is 0 Å².